The molecular weight excluding hydrogens is 264 g/mol. The van der Waals surface area contributed by atoms with E-state index in [1.54, 1.807) is 32.3 Å². The van der Waals surface area contributed by atoms with E-state index in [4.69, 9.17) is 4.74 Å². The van der Waals surface area contributed by atoms with E-state index in [2.05, 4.69) is 4.90 Å². The predicted octanol–water partition coefficient (Wildman–Crippen LogP) is 0.769. The SMILES string of the molecule is CN(C)S(=O)(=O)c1cccc(CN2CCOCC2)c1. The van der Waals surface area contributed by atoms with Crippen LogP contribution in [0, 0.1) is 0 Å². The van der Waals surface area contributed by atoms with Crippen LogP contribution in [0.5, 0.6) is 0 Å². The fourth-order valence-corrected chi connectivity index (χ4v) is 3.01. The van der Waals surface area contributed by atoms with E-state index < -0.39 is 10.0 Å². The molecule has 1 aliphatic rings. The van der Waals surface area contributed by atoms with Crippen molar-refractivity contribution < 1.29 is 13.2 Å². The maximum Gasteiger partial charge on any atom is 0.242 e. The number of morpholine rings is 1. The van der Waals surface area contributed by atoms with Crippen molar-refractivity contribution in [3.05, 3.63) is 29.8 Å². The lowest BCUT2D eigenvalue weighted by Crippen LogP contribution is -2.35. The number of hydrogen-bond acceptors (Lipinski definition) is 4. The molecule has 0 bridgehead atoms. The van der Waals surface area contributed by atoms with Gasteiger partial charge in [0.1, 0.15) is 0 Å². The average molecular weight is 284 g/mol. The zero-order valence-corrected chi connectivity index (χ0v) is 12.2. The van der Waals surface area contributed by atoms with E-state index in [1.807, 2.05) is 6.07 Å². The van der Waals surface area contributed by atoms with Crippen LogP contribution in [0.3, 0.4) is 0 Å². The van der Waals surface area contributed by atoms with Gasteiger partial charge in [0.05, 0.1) is 18.1 Å². The second-order valence-corrected chi connectivity index (χ2v) is 6.98. The van der Waals surface area contributed by atoms with Crippen LogP contribution >= 0.6 is 0 Å². The first-order valence-corrected chi connectivity index (χ1v) is 7.76. The smallest absolute Gasteiger partial charge is 0.242 e. The fourth-order valence-electron chi connectivity index (χ4n) is 2.03. The molecule has 0 radical (unpaired) electrons. The molecule has 1 aliphatic heterocycles. The molecule has 0 spiro atoms. The summed E-state index contributed by atoms with van der Waals surface area (Å²) >= 11 is 0. The number of benzene rings is 1. The second kappa shape index (κ2) is 6.00. The maximum atomic E-state index is 12.1. The molecule has 1 heterocycles. The van der Waals surface area contributed by atoms with Gasteiger partial charge in [-0.25, -0.2) is 12.7 Å². The molecule has 0 unspecified atom stereocenters. The van der Waals surface area contributed by atoms with Gasteiger partial charge < -0.3 is 4.74 Å². The topological polar surface area (TPSA) is 49.9 Å². The lowest BCUT2D eigenvalue weighted by Gasteiger charge is -2.26. The van der Waals surface area contributed by atoms with Crippen LogP contribution in [-0.4, -0.2) is 58.0 Å². The van der Waals surface area contributed by atoms with Crippen LogP contribution in [0.15, 0.2) is 29.2 Å². The molecule has 1 aromatic carbocycles. The zero-order chi connectivity index (χ0) is 13.9. The molecule has 1 fully saturated rings. The van der Waals surface area contributed by atoms with Crippen LogP contribution in [-0.2, 0) is 21.3 Å². The molecule has 2 rings (SSSR count). The van der Waals surface area contributed by atoms with E-state index in [1.165, 1.54) is 4.31 Å². The quantitative estimate of drug-likeness (QED) is 0.819. The lowest BCUT2D eigenvalue weighted by molar-refractivity contribution is 0.0341. The van der Waals surface area contributed by atoms with Crippen LogP contribution < -0.4 is 0 Å². The first kappa shape index (κ1) is 14.5. The van der Waals surface area contributed by atoms with Crippen LogP contribution in [0.1, 0.15) is 5.56 Å². The van der Waals surface area contributed by atoms with Crippen molar-refractivity contribution in [3.63, 3.8) is 0 Å². The molecule has 0 atom stereocenters. The van der Waals surface area contributed by atoms with E-state index in [0.717, 1.165) is 38.4 Å². The highest BCUT2D eigenvalue weighted by atomic mass is 32.2. The molecule has 0 amide bonds. The Balaban J connectivity index is 2.15. The summed E-state index contributed by atoms with van der Waals surface area (Å²) in [7, 11) is -0.259. The molecule has 1 aromatic rings. The van der Waals surface area contributed by atoms with Gasteiger partial charge in [0.15, 0.2) is 0 Å². The molecule has 0 aromatic heterocycles. The lowest BCUT2D eigenvalue weighted by atomic mass is 10.2. The van der Waals surface area contributed by atoms with E-state index in [0.29, 0.717) is 4.90 Å². The summed E-state index contributed by atoms with van der Waals surface area (Å²) in [5.41, 5.74) is 1.02. The van der Waals surface area contributed by atoms with Crippen molar-refractivity contribution >= 4 is 10.0 Å². The van der Waals surface area contributed by atoms with Crippen LogP contribution in [0.25, 0.3) is 0 Å². The maximum absolute atomic E-state index is 12.1. The zero-order valence-electron chi connectivity index (χ0n) is 11.4. The Kier molecular flexibility index (Phi) is 4.57. The van der Waals surface area contributed by atoms with Crippen molar-refractivity contribution in [3.8, 4) is 0 Å². The summed E-state index contributed by atoms with van der Waals surface area (Å²) in [5.74, 6) is 0. The summed E-state index contributed by atoms with van der Waals surface area (Å²) in [4.78, 5) is 2.62. The second-order valence-electron chi connectivity index (χ2n) is 4.82. The van der Waals surface area contributed by atoms with Crippen molar-refractivity contribution in [2.24, 2.45) is 0 Å². The fraction of sp³-hybridized carbons (Fsp3) is 0.538. The highest BCUT2D eigenvalue weighted by Crippen LogP contribution is 2.16. The Morgan fingerprint density at radius 1 is 1.26 bits per heavy atom. The van der Waals surface area contributed by atoms with Crippen LogP contribution in [0.4, 0.5) is 0 Å². The third-order valence-corrected chi connectivity index (χ3v) is 5.00. The third-order valence-electron chi connectivity index (χ3n) is 3.19. The molecule has 0 aliphatic carbocycles. The summed E-state index contributed by atoms with van der Waals surface area (Å²) in [6.45, 7) is 4.04. The predicted molar refractivity (Wildman–Crippen MR) is 73.4 cm³/mol. The highest BCUT2D eigenvalue weighted by molar-refractivity contribution is 7.89. The minimum atomic E-state index is -3.35. The molecule has 0 N–H and O–H groups in total. The number of ether oxygens (including phenoxy) is 1. The molecule has 5 nitrogen and oxygen atoms in total. The average Bonchev–Trinajstić information content (AvgIpc) is 2.40. The van der Waals surface area contributed by atoms with Crippen molar-refractivity contribution in [2.75, 3.05) is 40.4 Å². The van der Waals surface area contributed by atoms with Gasteiger partial charge in [0.25, 0.3) is 0 Å². The molecule has 6 heteroatoms. The molecule has 0 saturated carbocycles. The van der Waals surface area contributed by atoms with Gasteiger partial charge in [0.2, 0.25) is 10.0 Å². The first-order chi connectivity index (χ1) is 9.00. The minimum Gasteiger partial charge on any atom is -0.379 e. The van der Waals surface area contributed by atoms with Gasteiger partial charge in [-0.2, -0.15) is 0 Å². The van der Waals surface area contributed by atoms with Crippen molar-refractivity contribution in [1.29, 1.82) is 0 Å². The molecule has 106 valence electrons. The number of hydrogen-bond donors (Lipinski definition) is 0. The van der Waals surface area contributed by atoms with Gasteiger partial charge in [-0.05, 0) is 17.7 Å². The van der Waals surface area contributed by atoms with Crippen molar-refractivity contribution in [2.45, 2.75) is 11.4 Å². The summed E-state index contributed by atoms with van der Waals surface area (Å²) in [5, 5.41) is 0. The Morgan fingerprint density at radius 3 is 2.58 bits per heavy atom. The first-order valence-electron chi connectivity index (χ1n) is 6.32. The standard InChI is InChI=1S/C13H20N2O3S/c1-14(2)19(16,17)13-5-3-4-12(10-13)11-15-6-8-18-9-7-15/h3-5,10H,6-9,11H2,1-2H3. The van der Waals surface area contributed by atoms with E-state index in [-0.39, 0.29) is 0 Å². The Hall–Kier alpha value is -0.950. The minimum absolute atomic E-state index is 0.350. The molecular formula is C13H20N2O3S. The normalized spacial score (nSPS) is 17.8. The number of sulfonamides is 1. The monoisotopic (exact) mass is 284 g/mol. The van der Waals surface area contributed by atoms with E-state index in [9.17, 15) is 8.42 Å². The van der Waals surface area contributed by atoms with Crippen molar-refractivity contribution in [1.82, 2.24) is 9.21 Å². The largest absolute Gasteiger partial charge is 0.379 e. The van der Waals surface area contributed by atoms with Gasteiger partial charge in [-0.15, -0.1) is 0 Å². The summed E-state index contributed by atoms with van der Waals surface area (Å²) in [6, 6.07) is 7.15. The Labute approximate surface area is 114 Å². The van der Waals surface area contributed by atoms with Crippen LogP contribution in [0.2, 0.25) is 0 Å². The van der Waals surface area contributed by atoms with Gasteiger partial charge >= 0.3 is 0 Å². The van der Waals surface area contributed by atoms with Gasteiger partial charge in [-0.1, -0.05) is 12.1 Å². The van der Waals surface area contributed by atoms with Gasteiger partial charge in [-0.3, -0.25) is 4.90 Å². The summed E-state index contributed by atoms with van der Waals surface area (Å²) < 4.78 is 30.7. The van der Waals surface area contributed by atoms with E-state index >= 15 is 0 Å². The molecule has 1 saturated heterocycles. The number of nitrogens with zero attached hydrogens (tertiary/aromatic N) is 2. The third kappa shape index (κ3) is 3.54. The summed E-state index contributed by atoms with van der Waals surface area (Å²) in [6.07, 6.45) is 0. The van der Waals surface area contributed by atoms with Gasteiger partial charge in [0, 0.05) is 33.7 Å². The molecule has 19 heavy (non-hydrogen) atoms. The highest BCUT2D eigenvalue weighted by Gasteiger charge is 2.18. The Morgan fingerprint density at radius 2 is 1.95 bits per heavy atom. The number of rotatable bonds is 4. The Bertz CT molecular complexity index is 522.